The van der Waals surface area contributed by atoms with Crippen LogP contribution in [0.15, 0.2) is 76.9 Å². The maximum Gasteiger partial charge on any atom is 0.417 e. The van der Waals surface area contributed by atoms with Gasteiger partial charge in [0, 0.05) is 51.8 Å². The van der Waals surface area contributed by atoms with Gasteiger partial charge in [-0.1, -0.05) is 30.3 Å². The van der Waals surface area contributed by atoms with E-state index in [0.29, 0.717) is 11.3 Å². The SMILES string of the molecule is C=CC(=O)N1[C@H](C)CN(c2nc(=O)n3c4c(c(-c5cccc(Cl)c5)c(C(F)(F)F)cc24)SC[C@@H](Oc2ccc(F)cc2)C3)C[C@@H]1C. The number of carbonyl (C=O) groups excluding carboxylic acids is 1. The summed E-state index contributed by atoms with van der Waals surface area (Å²) in [6.45, 7) is 7.72. The zero-order valence-electron chi connectivity index (χ0n) is 24.9. The molecule has 13 heteroatoms. The Kier molecular flexibility index (Phi) is 8.53. The topological polar surface area (TPSA) is 67.7 Å². The lowest BCUT2D eigenvalue weighted by atomic mass is 9.96. The first-order chi connectivity index (χ1) is 21.8. The van der Waals surface area contributed by atoms with Gasteiger partial charge in [-0.2, -0.15) is 18.2 Å². The number of alkyl halides is 3. The van der Waals surface area contributed by atoms with Gasteiger partial charge >= 0.3 is 11.9 Å². The second-order valence-electron chi connectivity index (χ2n) is 11.4. The number of carbonyl (C=O) groups is 1. The molecule has 3 atom stereocenters. The summed E-state index contributed by atoms with van der Waals surface area (Å²) in [4.78, 5) is 34.5. The summed E-state index contributed by atoms with van der Waals surface area (Å²) >= 11 is 7.41. The Labute approximate surface area is 271 Å². The molecule has 1 aromatic heterocycles. The Balaban J connectivity index is 1.58. The molecular formula is C33H29ClF4N4O3S. The van der Waals surface area contributed by atoms with Gasteiger partial charge in [0.2, 0.25) is 5.91 Å². The molecule has 0 unspecified atom stereocenters. The fourth-order valence-corrected chi connectivity index (χ4v) is 7.79. The highest BCUT2D eigenvalue weighted by Crippen LogP contribution is 2.48. The second-order valence-corrected chi connectivity index (χ2v) is 12.9. The molecule has 0 N–H and O–H groups in total. The predicted molar refractivity (Wildman–Crippen MR) is 171 cm³/mol. The van der Waals surface area contributed by atoms with Gasteiger partial charge in [0.15, 0.2) is 0 Å². The quantitative estimate of drug-likeness (QED) is 0.167. The number of halogens is 5. The minimum Gasteiger partial charge on any atom is -0.488 e. The van der Waals surface area contributed by atoms with Crippen molar-refractivity contribution in [2.45, 2.75) is 49.7 Å². The van der Waals surface area contributed by atoms with E-state index in [9.17, 15) is 27.2 Å². The number of anilines is 1. The number of hydrogen-bond donors (Lipinski definition) is 0. The van der Waals surface area contributed by atoms with E-state index in [4.69, 9.17) is 16.3 Å². The van der Waals surface area contributed by atoms with E-state index in [0.717, 1.165) is 17.8 Å². The molecule has 1 amide bonds. The van der Waals surface area contributed by atoms with E-state index < -0.39 is 29.4 Å². The first-order valence-corrected chi connectivity index (χ1v) is 15.9. The van der Waals surface area contributed by atoms with Crippen molar-refractivity contribution in [3.63, 3.8) is 0 Å². The number of hydrogen-bond acceptors (Lipinski definition) is 6. The van der Waals surface area contributed by atoms with Gasteiger partial charge in [0.1, 0.15) is 23.5 Å². The summed E-state index contributed by atoms with van der Waals surface area (Å²) in [5.41, 5.74) is -1.09. The van der Waals surface area contributed by atoms with Gasteiger partial charge in [0.25, 0.3) is 0 Å². The van der Waals surface area contributed by atoms with Crippen LogP contribution >= 0.6 is 23.4 Å². The van der Waals surface area contributed by atoms with Gasteiger partial charge in [-0.3, -0.25) is 9.36 Å². The molecule has 2 aliphatic rings. The molecule has 3 aromatic carbocycles. The Morgan fingerprint density at radius 1 is 1.09 bits per heavy atom. The minimum atomic E-state index is -4.77. The summed E-state index contributed by atoms with van der Waals surface area (Å²) < 4.78 is 66.0. The van der Waals surface area contributed by atoms with Crippen molar-refractivity contribution in [2.75, 3.05) is 23.7 Å². The Bertz CT molecular complexity index is 1890. The number of amides is 1. The average molecular weight is 673 g/mol. The highest BCUT2D eigenvalue weighted by atomic mass is 35.5. The Morgan fingerprint density at radius 3 is 2.41 bits per heavy atom. The van der Waals surface area contributed by atoms with E-state index >= 15 is 0 Å². The smallest absolute Gasteiger partial charge is 0.417 e. The lowest BCUT2D eigenvalue weighted by Crippen LogP contribution is -2.58. The Morgan fingerprint density at radius 2 is 1.78 bits per heavy atom. The molecule has 0 saturated carbocycles. The third kappa shape index (κ3) is 5.95. The monoisotopic (exact) mass is 672 g/mol. The lowest BCUT2D eigenvalue weighted by molar-refractivity contribution is -0.137. The number of benzene rings is 3. The zero-order chi connectivity index (χ0) is 32.9. The van der Waals surface area contributed by atoms with Crippen LogP contribution in [-0.2, 0) is 17.5 Å². The first-order valence-electron chi connectivity index (χ1n) is 14.5. The maximum absolute atomic E-state index is 15.0. The van der Waals surface area contributed by atoms with Crippen molar-refractivity contribution >= 4 is 46.0 Å². The number of ether oxygens (including phenoxy) is 1. The molecule has 46 heavy (non-hydrogen) atoms. The van der Waals surface area contributed by atoms with Crippen molar-refractivity contribution in [1.29, 1.82) is 0 Å². The van der Waals surface area contributed by atoms with E-state index in [1.807, 2.05) is 13.8 Å². The van der Waals surface area contributed by atoms with Gasteiger partial charge in [-0.05, 0) is 68.0 Å². The molecule has 3 heterocycles. The van der Waals surface area contributed by atoms with Crippen molar-refractivity contribution < 1.29 is 27.1 Å². The van der Waals surface area contributed by atoms with Crippen molar-refractivity contribution in [3.8, 4) is 16.9 Å². The summed E-state index contributed by atoms with van der Waals surface area (Å²) in [6.07, 6.45) is -4.20. The molecule has 0 aliphatic carbocycles. The van der Waals surface area contributed by atoms with E-state index in [1.54, 1.807) is 28.0 Å². The van der Waals surface area contributed by atoms with Gasteiger partial charge in [0.05, 0.1) is 17.6 Å². The van der Waals surface area contributed by atoms with Crippen LogP contribution in [0.3, 0.4) is 0 Å². The molecular weight excluding hydrogens is 644 g/mol. The van der Waals surface area contributed by atoms with Crippen LogP contribution in [0.1, 0.15) is 19.4 Å². The third-order valence-corrected chi connectivity index (χ3v) is 9.64. The van der Waals surface area contributed by atoms with Gasteiger partial charge < -0.3 is 14.5 Å². The normalized spacial score (nSPS) is 20.0. The average Bonchev–Trinajstić information content (AvgIpc) is 3.19. The minimum absolute atomic E-state index is 0.00520. The van der Waals surface area contributed by atoms with Crippen LogP contribution < -0.4 is 15.3 Å². The largest absolute Gasteiger partial charge is 0.488 e. The van der Waals surface area contributed by atoms with Crippen molar-refractivity contribution in [3.05, 3.63) is 94.1 Å². The van der Waals surface area contributed by atoms with Crippen molar-refractivity contribution in [1.82, 2.24) is 14.5 Å². The molecule has 0 spiro atoms. The highest BCUT2D eigenvalue weighted by Gasteiger charge is 2.40. The van der Waals surface area contributed by atoms with Crippen LogP contribution in [-0.4, -0.2) is 57.4 Å². The van der Waals surface area contributed by atoms with E-state index in [2.05, 4.69) is 11.6 Å². The molecule has 2 aliphatic heterocycles. The molecule has 0 bridgehead atoms. The molecule has 7 nitrogen and oxygen atoms in total. The fourth-order valence-electron chi connectivity index (χ4n) is 6.34. The molecule has 240 valence electrons. The predicted octanol–water partition coefficient (Wildman–Crippen LogP) is 7.04. The van der Waals surface area contributed by atoms with E-state index in [-0.39, 0.29) is 75.6 Å². The molecule has 6 rings (SSSR count). The number of rotatable bonds is 5. The highest BCUT2D eigenvalue weighted by molar-refractivity contribution is 7.99. The van der Waals surface area contributed by atoms with Crippen LogP contribution in [0.25, 0.3) is 22.0 Å². The number of nitrogens with zero attached hydrogens (tertiary/aromatic N) is 4. The summed E-state index contributed by atoms with van der Waals surface area (Å²) in [5.74, 6) is -0.0443. The van der Waals surface area contributed by atoms with Crippen molar-refractivity contribution in [2.24, 2.45) is 0 Å². The number of thioether (sulfide) groups is 1. The molecule has 0 radical (unpaired) electrons. The standard InChI is InChI=1S/C33H29ClF4N4O3S/c1-4-27(43)42-18(2)14-40(15-19(42)3)31-25-13-26(33(36,37)38)28(20-6-5-7-21(34)12-20)30-29(25)41(32(44)39-31)16-24(17-46-30)45-23-10-8-22(35)9-11-23/h4-13,18-19,24H,1,14-17H2,2-3H3/t18-,19+,24-/m0/s1. The van der Waals surface area contributed by atoms with Crippen LogP contribution in [0.5, 0.6) is 5.75 Å². The number of piperazine rings is 1. The molecule has 4 aromatic rings. The second kappa shape index (κ2) is 12.3. The van der Waals surface area contributed by atoms with Crippen LogP contribution in [0.4, 0.5) is 23.4 Å². The van der Waals surface area contributed by atoms with E-state index in [1.165, 1.54) is 41.0 Å². The summed E-state index contributed by atoms with van der Waals surface area (Å²) in [6, 6.07) is 12.0. The Hall–Kier alpha value is -4.03. The van der Waals surface area contributed by atoms with Crippen LogP contribution in [0.2, 0.25) is 5.02 Å². The van der Waals surface area contributed by atoms with Crippen LogP contribution in [0, 0.1) is 5.82 Å². The van der Waals surface area contributed by atoms with Gasteiger partial charge in [-0.25, -0.2) is 9.18 Å². The fraction of sp³-hybridized carbons (Fsp3) is 0.303. The third-order valence-electron chi connectivity index (χ3n) is 8.18. The molecule has 1 fully saturated rings. The zero-order valence-corrected chi connectivity index (χ0v) is 26.4. The maximum atomic E-state index is 15.0. The molecule has 1 saturated heterocycles. The number of aromatic nitrogens is 2. The first kappa shape index (κ1) is 31.9. The summed E-state index contributed by atoms with van der Waals surface area (Å²) in [5, 5.41) is 0.419. The summed E-state index contributed by atoms with van der Waals surface area (Å²) in [7, 11) is 0. The van der Waals surface area contributed by atoms with Gasteiger partial charge in [-0.15, -0.1) is 11.8 Å². The lowest BCUT2D eigenvalue weighted by Gasteiger charge is -2.44.